The molecule has 0 aromatic heterocycles. The summed E-state index contributed by atoms with van der Waals surface area (Å²) in [5, 5.41) is 12.8. The van der Waals surface area contributed by atoms with Gasteiger partial charge in [-0.3, -0.25) is 0 Å². The van der Waals surface area contributed by atoms with Gasteiger partial charge in [0.2, 0.25) is 0 Å². The first-order valence-electron chi connectivity index (χ1n) is 7.50. The lowest BCUT2D eigenvalue weighted by molar-refractivity contribution is 0.272. The van der Waals surface area contributed by atoms with E-state index in [1.54, 1.807) is 0 Å². The van der Waals surface area contributed by atoms with Gasteiger partial charge in [0.15, 0.2) is 0 Å². The highest BCUT2D eigenvalue weighted by molar-refractivity contribution is 6.30. The van der Waals surface area contributed by atoms with Crippen LogP contribution in [0.25, 0.3) is 0 Å². The zero-order chi connectivity index (χ0) is 14.6. The first kappa shape index (κ1) is 17.3. The summed E-state index contributed by atoms with van der Waals surface area (Å²) in [6, 6.07) is 5.77. The van der Waals surface area contributed by atoms with Crippen molar-refractivity contribution in [3.8, 4) is 5.75 Å². The molecule has 0 saturated heterocycles. The normalized spacial score (nSPS) is 10.8. The van der Waals surface area contributed by atoms with Gasteiger partial charge in [-0.15, -0.1) is 0 Å². The summed E-state index contributed by atoms with van der Waals surface area (Å²) in [6.07, 6.45) is 5.17. The molecule has 3 nitrogen and oxygen atoms in total. The predicted octanol–water partition coefficient (Wildman–Crippen LogP) is 3.77. The van der Waals surface area contributed by atoms with Crippen LogP contribution in [0.5, 0.6) is 5.75 Å². The Morgan fingerprint density at radius 2 is 2.00 bits per heavy atom. The molecule has 0 amide bonds. The monoisotopic (exact) mass is 299 g/mol. The molecule has 0 atom stereocenters. The highest BCUT2D eigenvalue weighted by atomic mass is 35.5. The van der Waals surface area contributed by atoms with E-state index in [1.807, 2.05) is 18.2 Å². The molecule has 0 fully saturated rings. The summed E-state index contributed by atoms with van der Waals surface area (Å²) in [5.41, 5.74) is 1.11. The van der Waals surface area contributed by atoms with Gasteiger partial charge in [0.1, 0.15) is 5.75 Å². The van der Waals surface area contributed by atoms with Crippen molar-refractivity contribution in [1.29, 1.82) is 0 Å². The number of ether oxygens (including phenoxy) is 1. The molecule has 114 valence electrons. The van der Waals surface area contributed by atoms with Crippen molar-refractivity contribution >= 4 is 11.6 Å². The number of benzene rings is 1. The van der Waals surface area contributed by atoms with Gasteiger partial charge in [0.25, 0.3) is 0 Å². The van der Waals surface area contributed by atoms with Crippen LogP contribution in [-0.2, 0) is 6.54 Å². The van der Waals surface area contributed by atoms with E-state index in [0.29, 0.717) is 6.61 Å². The summed E-state index contributed by atoms with van der Waals surface area (Å²) in [7, 11) is 0. The van der Waals surface area contributed by atoms with E-state index >= 15 is 0 Å². The summed E-state index contributed by atoms with van der Waals surface area (Å²) in [6.45, 7) is 4.93. The Morgan fingerprint density at radius 3 is 2.75 bits per heavy atom. The van der Waals surface area contributed by atoms with Crippen LogP contribution in [0.4, 0.5) is 0 Å². The van der Waals surface area contributed by atoms with E-state index in [4.69, 9.17) is 21.4 Å². The lowest BCUT2D eigenvalue weighted by atomic mass is 10.2. The lowest BCUT2D eigenvalue weighted by Crippen LogP contribution is -2.14. The maximum Gasteiger partial charge on any atom is 0.123 e. The second kappa shape index (κ2) is 11.0. The van der Waals surface area contributed by atoms with Crippen LogP contribution in [0.15, 0.2) is 18.2 Å². The first-order valence-corrected chi connectivity index (χ1v) is 7.88. The van der Waals surface area contributed by atoms with E-state index in [9.17, 15) is 0 Å². The van der Waals surface area contributed by atoms with Crippen molar-refractivity contribution in [2.24, 2.45) is 0 Å². The van der Waals surface area contributed by atoms with Gasteiger partial charge in [0.05, 0.1) is 6.61 Å². The third-order valence-corrected chi connectivity index (χ3v) is 3.31. The maximum absolute atomic E-state index is 8.72. The summed E-state index contributed by atoms with van der Waals surface area (Å²) < 4.78 is 5.84. The van der Waals surface area contributed by atoms with Gasteiger partial charge < -0.3 is 15.2 Å². The largest absolute Gasteiger partial charge is 0.493 e. The smallest absolute Gasteiger partial charge is 0.123 e. The van der Waals surface area contributed by atoms with E-state index in [0.717, 1.165) is 61.5 Å². The number of aliphatic hydroxyl groups is 1. The van der Waals surface area contributed by atoms with E-state index < -0.39 is 0 Å². The number of aliphatic hydroxyl groups excluding tert-OH is 1. The van der Waals surface area contributed by atoms with Crippen molar-refractivity contribution < 1.29 is 9.84 Å². The van der Waals surface area contributed by atoms with E-state index in [2.05, 4.69) is 12.2 Å². The molecule has 0 heterocycles. The van der Waals surface area contributed by atoms with Crippen molar-refractivity contribution in [3.63, 3.8) is 0 Å². The highest BCUT2D eigenvalue weighted by Gasteiger charge is 2.04. The molecule has 1 aromatic carbocycles. The fourth-order valence-electron chi connectivity index (χ4n) is 1.98. The molecule has 0 aliphatic rings. The molecule has 0 unspecified atom stereocenters. The van der Waals surface area contributed by atoms with Gasteiger partial charge in [0, 0.05) is 23.7 Å². The SMILES string of the molecule is CCCNCc1cc(Cl)ccc1OCCCCCCO. The predicted molar refractivity (Wildman–Crippen MR) is 84.5 cm³/mol. The van der Waals surface area contributed by atoms with E-state index in [-0.39, 0.29) is 6.61 Å². The second-order valence-corrected chi connectivity index (χ2v) is 5.35. The van der Waals surface area contributed by atoms with Gasteiger partial charge in [-0.2, -0.15) is 0 Å². The van der Waals surface area contributed by atoms with Crippen LogP contribution >= 0.6 is 11.6 Å². The van der Waals surface area contributed by atoms with Crippen LogP contribution in [-0.4, -0.2) is 24.9 Å². The summed E-state index contributed by atoms with van der Waals surface area (Å²) in [5.74, 6) is 0.917. The van der Waals surface area contributed by atoms with Crippen molar-refractivity contribution in [3.05, 3.63) is 28.8 Å². The molecule has 20 heavy (non-hydrogen) atoms. The number of unbranched alkanes of at least 4 members (excludes halogenated alkanes) is 3. The molecular weight excluding hydrogens is 274 g/mol. The Kier molecular flexibility index (Phi) is 9.46. The van der Waals surface area contributed by atoms with Crippen LogP contribution in [0.1, 0.15) is 44.6 Å². The summed E-state index contributed by atoms with van der Waals surface area (Å²) in [4.78, 5) is 0. The molecule has 1 aromatic rings. The van der Waals surface area contributed by atoms with Gasteiger partial charge >= 0.3 is 0 Å². The number of halogens is 1. The van der Waals surface area contributed by atoms with Gasteiger partial charge in [-0.1, -0.05) is 24.9 Å². The molecular formula is C16H26ClNO2. The molecule has 0 bridgehead atoms. The molecule has 0 aliphatic carbocycles. The van der Waals surface area contributed by atoms with Crippen LogP contribution < -0.4 is 10.1 Å². The third kappa shape index (κ3) is 7.13. The minimum Gasteiger partial charge on any atom is -0.493 e. The fourth-order valence-corrected chi connectivity index (χ4v) is 2.17. The molecule has 0 aliphatic heterocycles. The zero-order valence-electron chi connectivity index (χ0n) is 12.3. The zero-order valence-corrected chi connectivity index (χ0v) is 13.1. The van der Waals surface area contributed by atoms with Crippen LogP contribution in [0.2, 0.25) is 5.02 Å². The van der Waals surface area contributed by atoms with Crippen molar-refractivity contribution in [2.75, 3.05) is 19.8 Å². The highest BCUT2D eigenvalue weighted by Crippen LogP contribution is 2.23. The molecule has 0 saturated carbocycles. The Labute approximate surface area is 127 Å². The molecule has 2 N–H and O–H groups in total. The minimum absolute atomic E-state index is 0.283. The molecule has 0 spiro atoms. The number of hydrogen-bond donors (Lipinski definition) is 2. The van der Waals surface area contributed by atoms with E-state index in [1.165, 1.54) is 0 Å². The number of rotatable bonds is 11. The first-order chi connectivity index (χ1) is 9.77. The van der Waals surface area contributed by atoms with Crippen molar-refractivity contribution in [2.45, 2.75) is 45.6 Å². The minimum atomic E-state index is 0.283. The second-order valence-electron chi connectivity index (χ2n) is 4.92. The summed E-state index contributed by atoms with van der Waals surface area (Å²) >= 11 is 6.04. The van der Waals surface area contributed by atoms with Crippen molar-refractivity contribution in [1.82, 2.24) is 5.32 Å². The molecule has 0 radical (unpaired) electrons. The topological polar surface area (TPSA) is 41.5 Å². The Balaban J connectivity index is 2.38. The Hall–Kier alpha value is -0.770. The average Bonchev–Trinajstić information content (AvgIpc) is 2.45. The molecule has 1 rings (SSSR count). The number of hydrogen-bond acceptors (Lipinski definition) is 3. The Bertz CT molecular complexity index is 371. The quantitative estimate of drug-likeness (QED) is 0.611. The fraction of sp³-hybridized carbons (Fsp3) is 0.625. The lowest BCUT2D eigenvalue weighted by Gasteiger charge is -2.12. The average molecular weight is 300 g/mol. The third-order valence-electron chi connectivity index (χ3n) is 3.07. The van der Waals surface area contributed by atoms with Gasteiger partial charge in [-0.05, 0) is 50.4 Å². The maximum atomic E-state index is 8.72. The number of nitrogens with one attached hydrogen (secondary N) is 1. The van der Waals surface area contributed by atoms with Crippen LogP contribution in [0.3, 0.4) is 0 Å². The molecule has 4 heteroatoms. The Morgan fingerprint density at radius 1 is 1.20 bits per heavy atom. The standard InChI is InChI=1S/C16H26ClNO2/c1-2-9-18-13-14-12-15(17)7-8-16(14)20-11-6-4-3-5-10-19/h7-8,12,18-19H,2-6,9-11,13H2,1H3. The van der Waals surface area contributed by atoms with Crippen LogP contribution in [0, 0.1) is 0 Å². The van der Waals surface area contributed by atoms with Gasteiger partial charge in [-0.25, -0.2) is 0 Å².